The zero-order valence-corrected chi connectivity index (χ0v) is 22.5. The molecule has 0 aliphatic rings. The average molecular weight is 563 g/mol. The second-order valence-electron chi connectivity index (χ2n) is 8.15. The van der Waals surface area contributed by atoms with Gasteiger partial charge in [0.2, 0.25) is 0 Å². The van der Waals surface area contributed by atoms with Crippen LogP contribution in [0.15, 0.2) is 59.9 Å². The molecule has 3 rings (SSSR count). The van der Waals surface area contributed by atoms with Crippen LogP contribution in [0.4, 0.5) is 0 Å². The Morgan fingerprint density at radius 1 is 1.21 bits per heavy atom. The van der Waals surface area contributed by atoms with Crippen LogP contribution in [-0.2, 0) is 26.7 Å². The third kappa shape index (κ3) is 8.03. The molecule has 0 saturated heterocycles. The summed E-state index contributed by atoms with van der Waals surface area (Å²) in [5, 5.41) is 8.02. The van der Waals surface area contributed by atoms with E-state index < -0.39 is 0 Å². The molecule has 0 bridgehead atoms. The van der Waals surface area contributed by atoms with Gasteiger partial charge in [-0.3, -0.25) is 9.67 Å². The minimum absolute atomic E-state index is 0. The average Bonchev–Trinajstić information content (AvgIpc) is 3.16. The van der Waals surface area contributed by atoms with Gasteiger partial charge in [-0.2, -0.15) is 5.10 Å². The summed E-state index contributed by atoms with van der Waals surface area (Å²) >= 11 is 0. The van der Waals surface area contributed by atoms with Gasteiger partial charge in [-0.25, -0.2) is 4.99 Å². The molecule has 0 unspecified atom stereocenters. The number of aryl methyl sites for hydroxylation is 1. The van der Waals surface area contributed by atoms with Crippen molar-refractivity contribution in [2.24, 2.45) is 12.0 Å². The molecule has 1 aromatic carbocycles. The molecule has 2 aromatic heterocycles. The molecule has 0 aliphatic carbocycles. The van der Waals surface area contributed by atoms with E-state index in [1.54, 1.807) is 6.20 Å². The molecule has 7 nitrogen and oxygen atoms in total. The van der Waals surface area contributed by atoms with Crippen molar-refractivity contribution in [3.63, 3.8) is 0 Å². The van der Waals surface area contributed by atoms with Crippen molar-refractivity contribution in [3.8, 4) is 5.75 Å². The lowest BCUT2D eigenvalue weighted by molar-refractivity contribution is 0.301. The minimum Gasteiger partial charge on any atom is -0.487 e. The molecule has 8 heteroatoms. The Morgan fingerprint density at radius 3 is 2.73 bits per heavy atom. The zero-order valence-electron chi connectivity index (χ0n) is 20.2. The second-order valence-corrected chi connectivity index (χ2v) is 8.15. The van der Waals surface area contributed by atoms with Crippen molar-refractivity contribution in [1.82, 2.24) is 25.0 Å². The maximum Gasteiger partial charge on any atom is 0.194 e. The van der Waals surface area contributed by atoms with Crippen LogP contribution in [0, 0.1) is 0 Å². The predicted molar refractivity (Wildman–Crippen MR) is 144 cm³/mol. The van der Waals surface area contributed by atoms with Gasteiger partial charge in [-0.15, -0.1) is 24.0 Å². The Labute approximate surface area is 214 Å². The van der Waals surface area contributed by atoms with Gasteiger partial charge in [0, 0.05) is 45.1 Å². The quantitative estimate of drug-likeness (QED) is 0.232. The van der Waals surface area contributed by atoms with Gasteiger partial charge in [0.15, 0.2) is 5.96 Å². The lowest BCUT2D eigenvalue weighted by atomic mass is 10.1. The van der Waals surface area contributed by atoms with Gasteiger partial charge in [-0.05, 0) is 42.7 Å². The fourth-order valence-electron chi connectivity index (χ4n) is 3.50. The first-order valence-electron chi connectivity index (χ1n) is 11.1. The van der Waals surface area contributed by atoms with Crippen LogP contribution in [0.1, 0.15) is 49.2 Å². The number of guanidine groups is 1. The van der Waals surface area contributed by atoms with Crippen LogP contribution in [0.5, 0.6) is 5.75 Å². The first-order valence-corrected chi connectivity index (χ1v) is 11.1. The number of hydrogen-bond donors (Lipinski definition) is 1. The van der Waals surface area contributed by atoms with E-state index in [0.29, 0.717) is 19.1 Å². The van der Waals surface area contributed by atoms with Crippen LogP contribution in [0.3, 0.4) is 0 Å². The van der Waals surface area contributed by atoms with E-state index >= 15 is 0 Å². The maximum absolute atomic E-state index is 5.91. The predicted octanol–water partition coefficient (Wildman–Crippen LogP) is 4.73. The number of hydrogen-bond acceptors (Lipinski definition) is 4. The SMILES string of the molecule is CCNC(=NCc1cccc(OCc2ccccn2)c1)N(C)Cc1cn(C)nc1C(C)C.I. The summed E-state index contributed by atoms with van der Waals surface area (Å²) < 4.78 is 7.79. The van der Waals surface area contributed by atoms with Crippen molar-refractivity contribution in [2.75, 3.05) is 13.6 Å². The number of halogens is 1. The molecule has 178 valence electrons. The molecule has 0 saturated carbocycles. The molecule has 0 radical (unpaired) electrons. The monoisotopic (exact) mass is 562 g/mol. The third-order valence-electron chi connectivity index (χ3n) is 5.01. The Hall–Kier alpha value is -2.62. The van der Waals surface area contributed by atoms with Crippen LogP contribution in [0.2, 0.25) is 0 Å². The first kappa shape index (κ1) is 26.6. The molecule has 0 amide bonds. The van der Waals surface area contributed by atoms with E-state index in [1.807, 2.05) is 48.1 Å². The summed E-state index contributed by atoms with van der Waals surface area (Å²) in [6, 6.07) is 13.9. The highest BCUT2D eigenvalue weighted by atomic mass is 127. The van der Waals surface area contributed by atoms with Gasteiger partial charge in [0.1, 0.15) is 12.4 Å². The summed E-state index contributed by atoms with van der Waals surface area (Å²) in [6.07, 6.45) is 3.87. The highest BCUT2D eigenvalue weighted by Gasteiger charge is 2.15. The van der Waals surface area contributed by atoms with Gasteiger partial charge < -0.3 is 15.0 Å². The fourth-order valence-corrected chi connectivity index (χ4v) is 3.50. The van der Waals surface area contributed by atoms with Crippen molar-refractivity contribution in [3.05, 3.63) is 77.4 Å². The van der Waals surface area contributed by atoms with Crippen LogP contribution in [-0.4, -0.2) is 39.2 Å². The summed E-state index contributed by atoms with van der Waals surface area (Å²) in [4.78, 5) is 11.3. The van der Waals surface area contributed by atoms with Gasteiger partial charge >= 0.3 is 0 Å². The number of pyridine rings is 1. The zero-order chi connectivity index (χ0) is 22.9. The number of nitrogens with zero attached hydrogens (tertiary/aromatic N) is 5. The number of aromatic nitrogens is 3. The molecule has 0 aliphatic heterocycles. The first-order chi connectivity index (χ1) is 15.5. The molecular formula is C25H35IN6O. The lowest BCUT2D eigenvalue weighted by Gasteiger charge is -2.22. The minimum atomic E-state index is 0. The van der Waals surface area contributed by atoms with Crippen LogP contribution >= 0.6 is 24.0 Å². The highest BCUT2D eigenvalue weighted by Crippen LogP contribution is 2.19. The third-order valence-corrected chi connectivity index (χ3v) is 5.01. The normalized spacial score (nSPS) is 11.3. The highest BCUT2D eigenvalue weighted by molar-refractivity contribution is 14.0. The summed E-state index contributed by atoms with van der Waals surface area (Å²) in [6.45, 7) is 9.00. The smallest absolute Gasteiger partial charge is 0.194 e. The molecule has 0 spiro atoms. The molecule has 3 aromatic rings. The largest absolute Gasteiger partial charge is 0.487 e. The Balaban J connectivity index is 0.00000385. The molecule has 33 heavy (non-hydrogen) atoms. The van der Waals surface area contributed by atoms with E-state index in [1.165, 1.54) is 5.56 Å². The van der Waals surface area contributed by atoms with Crippen molar-refractivity contribution in [2.45, 2.75) is 46.4 Å². The summed E-state index contributed by atoms with van der Waals surface area (Å²) in [5.41, 5.74) is 4.35. The topological polar surface area (TPSA) is 67.6 Å². The molecule has 2 heterocycles. The molecule has 0 fully saturated rings. The standard InChI is InChI=1S/C25H34N6O.HI/c1-6-26-25(30(4)16-21-17-31(5)29-24(21)19(2)3)28-15-20-10-9-12-23(14-20)32-18-22-11-7-8-13-27-22;/h7-14,17,19H,6,15-16,18H2,1-5H3,(H,26,28);1H. The van der Waals surface area contributed by atoms with E-state index in [4.69, 9.17) is 9.73 Å². The van der Waals surface area contributed by atoms with Crippen LogP contribution < -0.4 is 10.1 Å². The van der Waals surface area contributed by atoms with Gasteiger partial charge in [0.25, 0.3) is 0 Å². The van der Waals surface area contributed by atoms with E-state index in [0.717, 1.165) is 41.7 Å². The summed E-state index contributed by atoms with van der Waals surface area (Å²) in [7, 11) is 4.03. The van der Waals surface area contributed by atoms with Crippen molar-refractivity contribution < 1.29 is 4.74 Å². The van der Waals surface area contributed by atoms with Crippen molar-refractivity contribution in [1.29, 1.82) is 0 Å². The molecule has 1 N–H and O–H groups in total. The Bertz CT molecular complexity index is 1020. The molecule has 0 atom stereocenters. The second kappa shape index (κ2) is 13.2. The maximum atomic E-state index is 5.91. The number of nitrogens with one attached hydrogen (secondary N) is 1. The van der Waals surface area contributed by atoms with Crippen LogP contribution in [0.25, 0.3) is 0 Å². The fraction of sp³-hybridized carbons (Fsp3) is 0.400. The molecular weight excluding hydrogens is 527 g/mol. The van der Waals surface area contributed by atoms with Gasteiger partial charge in [0.05, 0.1) is 17.9 Å². The van der Waals surface area contributed by atoms with Gasteiger partial charge in [-0.1, -0.05) is 32.0 Å². The lowest BCUT2D eigenvalue weighted by Crippen LogP contribution is -2.38. The number of rotatable bonds is 9. The van der Waals surface area contributed by atoms with E-state index in [-0.39, 0.29) is 24.0 Å². The Kier molecular flexibility index (Phi) is 10.6. The van der Waals surface area contributed by atoms with E-state index in [2.05, 4.69) is 60.4 Å². The van der Waals surface area contributed by atoms with E-state index in [9.17, 15) is 0 Å². The number of benzene rings is 1. The van der Waals surface area contributed by atoms with Crippen molar-refractivity contribution >= 4 is 29.9 Å². The number of aliphatic imine (C=N–C) groups is 1. The number of ether oxygens (including phenoxy) is 1. The summed E-state index contributed by atoms with van der Waals surface area (Å²) in [5.74, 6) is 2.07. The Morgan fingerprint density at radius 2 is 2.03 bits per heavy atom.